The summed E-state index contributed by atoms with van der Waals surface area (Å²) in [6.45, 7) is 2.90. The van der Waals surface area contributed by atoms with Crippen LogP contribution in [-0.2, 0) is 6.42 Å². The molecule has 0 fully saturated rings. The Balaban J connectivity index is 1.70. The second-order valence-corrected chi connectivity index (χ2v) is 5.84. The Morgan fingerprint density at radius 2 is 2.00 bits per heavy atom. The van der Waals surface area contributed by atoms with Gasteiger partial charge in [0.25, 0.3) is 0 Å². The molecule has 0 unspecified atom stereocenters. The lowest BCUT2D eigenvalue weighted by molar-refractivity contribution is 1.01. The summed E-state index contributed by atoms with van der Waals surface area (Å²) in [5.74, 6) is 0.906. The van der Waals surface area contributed by atoms with Crippen LogP contribution in [0.1, 0.15) is 11.1 Å². The number of anilines is 1. The van der Waals surface area contributed by atoms with Crippen LogP contribution in [0.5, 0.6) is 0 Å². The van der Waals surface area contributed by atoms with E-state index in [1.54, 1.807) is 0 Å². The summed E-state index contributed by atoms with van der Waals surface area (Å²) in [6.07, 6.45) is 4.60. The van der Waals surface area contributed by atoms with Crippen molar-refractivity contribution >= 4 is 32.7 Å². The Bertz CT molecular complexity index is 766. The lowest BCUT2D eigenvalue weighted by Crippen LogP contribution is -2.07. The average molecular weight is 342 g/mol. The van der Waals surface area contributed by atoms with E-state index in [4.69, 9.17) is 0 Å². The molecule has 0 aliphatic rings. The monoisotopic (exact) mass is 341 g/mol. The van der Waals surface area contributed by atoms with Gasteiger partial charge < -0.3 is 5.32 Å². The van der Waals surface area contributed by atoms with Crippen molar-refractivity contribution in [3.05, 3.63) is 64.4 Å². The molecule has 0 bridgehead atoms. The maximum Gasteiger partial charge on any atom is 0.126 e. The predicted molar refractivity (Wildman–Crippen MR) is 90.6 cm³/mol. The molecule has 106 valence electrons. The summed E-state index contributed by atoms with van der Waals surface area (Å²) in [5.41, 5.74) is 3.52. The topological polar surface area (TPSA) is 37.8 Å². The fraction of sp³-hybridized carbons (Fsp3) is 0.176. The summed E-state index contributed by atoms with van der Waals surface area (Å²) in [7, 11) is 0. The Kier molecular flexibility index (Phi) is 4.15. The van der Waals surface area contributed by atoms with Gasteiger partial charge in [-0.05, 0) is 52.5 Å². The van der Waals surface area contributed by atoms with Crippen molar-refractivity contribution < 1.29 is 0 Å². The Hall–Kier alpha value is -1.94. The highest BCUT2D eigenvalue weighted by Gasteiger charge is 2.02. The van der Waals surface area contributed by atoms with E-state index in [0.717, 1.165) is 28.8 Å². The zero-order valence-corrected chi connectivity index (χ0v) is 13.4. The largest absolute Gasteiger partial charge is 0.370 e. The van der Waals surface area contributed by atoms with Gasteiger partial charge in [0.05, 0.1) is 5.52 Å². The highest BCUT2D eigenvalue weighted by Crippen LogP contribution is 2.18. The summed E-state index contributed by atoms with van der Waals surface area (Å²) >= 11 is 3.46. The molecule has 0 saturated heterocycles. The molecular formula is C17H16BrN3. The van der Waals surface area contributed by atoms with Crippen molar-refractivity contribution in [2.24, 2.45) is 0 Å². The minimum atomic E-state index is 0.837. The van der Waals surface area contributed by atoms with Gasteiger partial charge in [-0.1, -0.05) is 24.3 Å². The third-order valence-electron chi connectivity index (χ3n) is 3.46. The molecule has 0 aliphatic carbocycles. The molecule has 3 nitrogen and oxygen atoms in total. The molecule has 1 aromatic carbocycles. The minimum Gasteiger partial charge on any atom is -0.370 e. The number of aromatic nitrogens is 2. The maximum absolute atomic E-state index is 4.48. The summed E-state index contributed by atoms with van der Waals surface area (Å²) in [5, 5.41) is 4.55. The van der Waals surface area contributed by atoms with Gasteiger partial charge >= 0.3 is 0 Å². The predicted octanol–water partition coefficient (Wildman–Crippen LogP) is 4.36. The first-order valence-electron chi connectivity index (χ1n) is 6.93. The molecule has 2 aromatic heterocycles. The fourth-order valence-electron chi connectivity index (χ4n) is 2.33. The number of fused-ring (bicyclic) bond motifs is 1. The molecular weight excluding hydrogens is 326 g/mol. The normalized spacial score (nSPS) is 10.8. The number of nitrogens with one attached hydrogen (secondary N) is 1. The second kappa shape index (κ2) is 6.22. The van der Waals surface area contributed by atoms with E-state index in [9.17, 15) is 0 Å². The molecule has 2 heterocycles. The van der Waals surface area contributed by atoms with E-state index in [1.807, 2.05) is 24.5 Å². The van der Waals surface area contributed by atoms with Crippen LogP contribution in [0.25, 0.3) is 10.9 Å². The third-order valence-corrected chi connectivity index (χ3v) is 4.29. The van der Waals surface area contributed by atoms with E-state index >= 15 is 0 Å². The second-order valence-electron chi connectivity index (χ2n) is 4.99. The van der Waals surface area contributed by atoms with Crippen LogP contribution >= 0.6 is 15.9 Å². The van der Waals surface area contributed by atoms with Gasteiger partial charge in [-0.15, -0.1) is 0 Å². The van der Waals surface area contributed by atoms with Gasteiger partial charge in [-0.2, -0.15) is 0 Å². The molecule has 0 spiro atoms. The van der Waals surface area contributed by atoms with Gasteiger partial charge in [0.2, 0.25) is 0 Å². The SMILES string of the molecule is Cc1cc(NCCc2cccc3cccnc23)ncc1Br. The number of pyridine rings is 2. The van der Waals surface area contributed by atoms with Crippen molar-refractivity contribution in [1.82, 2.24) is 9.97 Å². The number of halogens is 1. The Labute approximate surface area is 132 Å². The zero-order chi connectivity index (χ0) is 14.7. The van der Waals surface area contributed by atoms with Crippen molar-refractivity contribution in [1.29, 1.82) is 0 Å². The first-order chi connectivity index (χ1) is 10.2. The van der Waals surface area contributed by atoms with Gasteiger partial charge in [0.1, 0.15) is 5.82 Å². The summed E-state index contributed by atoms with van der Waals surface area (Å²) in [4.78, 5) is 8.84. The molecule has 0 aliphatic heterocycles. The lowest BCUT2D eigenvalue weighted by atomic mass is 10.1. The van der Waals surface area contributed by atoms with E-state index in [-0.39, 0.29) is 0 Å². The molecule has 0 atom stereocenters. The van der Waals surface area contributed by atoms with Gasteiger partial charge in [0, 0.05) is 28.8 Å². The maximum atomic E-state index is 4.48. The number of hydrogen-bond donors (Lipinski definition) is 1. The van der Waals surface area contributed by atoms with Crippen LogP contribution in [0.3, 0.4) is 0 Å². The van der Waals surface area contributed by atoms with E-state index < -0.39 is 0 Å². The number of hydrogen-bond acceptors (Lipinski definition) is 3. The van der Waals surface area contributed by atoms with Crippen LogP contribution in [-0.4, -0.2) is 16.5 Å². The van der Waals surface area contributed by atoms with Crippen LogP contribution in [0.4, 0.5) is 5.82 Å². The van der Waals surface area contributed by atoms with Crippen molar-refractivity contribution in [2.45, 2.75) is 13.3 Å². The number of nitrogens with zero attached hydrogens (tertiary/aromatic N) is 2. The molecule has 21 heavy (non-hydrogen) atoms. The molecule has 0 saturated carbocycles. The van der Waals surface area contributed by atoms with E-state index in [0.29, 0.717) is 0 Å². The Morgan fingerprint density at radius 3 is 2.86 bits per heavy atom. The number of rotatable bonds is 4. The quantitative estimate of drug-likeness (QED) is 0.766. The molecule has 3 aromatic rings. The average Bonchev–Trinajstić information content (AvgIpc) is 2.51. The number of aryl methyl sites for hydroxylation is 1. The lowest BCUT2D eigenvalue weighted by Gasteiger charge is -2.08. The molecule has 0 amide bonds. The smallest absolute Gasteiger partial charge is 0.126 e. The van der Waals surface area contributed by atoms with Crippen LogP contribution in [0, 0.1) is 6.92 Å². The Morgan fingerprint density at radius 1 is 1.14 bits per heavy atom. The van der Waals surface area contributed by atoms with Crippen LogP contribution in [0.2, 0.25) is 0 Å². The zero-order valence-electron chi connectivity index (χ0n) is 11.8. The third kappa shape index (κ3) is 3.22. The first-order valence-corrected chi connectivity index (χ1v) is 7.72. The summed E-state index contributed by atoms with van der Waals surface area (Å²) < 4.78 is 1.03. The van der Waals surface area contributed by atoms with Crippen LogP contribution in [0.15, 0.2) is 53.3 Å². The minimum absolute atomic E-state index is 0.837. The summed E-state index contributed by atoms with van der Waals surface area (Å²) in [6, 6.07) is 12.4. The molecule has 1 N–H and O–H groups in total. The molecule has 0 radical (unpaired) electrons. The van der Waals surface area contributed by atoms with Gasteiger partial charge in [-0.25, -0.2) is 4.98 Å². The van der Waals surface area contributed by atoms with E-state index in [1.165, 1.54) is 16.5 Å². The van der Waals surface area contributed by atoms with Crippen molar-refractivity contribution in [3.63, 3.8) is 0 Å². The molecule has 3 rings (SSSR count). The van der Waals surface area contributed by atoms with Crippen molar-refractivity contribution in [2.75, 3.05) is 11.9 Å². The fourth-order valence-corrected chi connectivity index (χ4v) is 2.55. The highest BCUT2D eigenvalue weighted by molar-refractivity contribution is 9.10. The van der Waals surface area contributed by atoms with Gasteiger partial charge in [-0.3, -0.25) is 4.98 Å². The van der Waals surface area contributed by atoms with Crippen molar-refractivity contribution in [3.8, 4) is 0 Å². The van der Waals surface area contributed by atoms with Gasteiger partial charge in [0.15, 0.2) is 0 Å². The van der Waals surface area contributed by atoms with Crippen LogP contribution < -0.4 is 5.32 Å². The standard InChI is InChI=1S/C17H16BrN3/c1-12-10-16(21-11-15(12)18)19-9-7-14-5-2-4-13-6-3-8-20-17(13)14/h2-6,8,10-11H,7,9H2,1H3,(H,19,21). The molecule has 4 heteroatoms. The number of para-hydroxylation sites is 1. The highest BCUT2D eigenvalue weighted by atomic mass is 79.9. The number of benzene rings is 1. The van der Waals surface area contributed by atoms with E-state index in [2.05, 4.69) is 62.4 Å². The first kappa shape index (κ1) is 14.0.